The maximum absolute atomic E-state index is 5.97. The van der Waals surface area contributed by atoms with Crippen molar-refractivity contribution in [3.05, 3.63) is 23.0 Å². The molecule has 18 heavy (non-hydrogen) atoms. The van der Waals surface area contributed by atoms with Crippen molar-refractivity contribution < 1.29 is 14.0 Å². The van der Waals surface area contributed by atoms with E-state index in [9.17, 15) is 0 Å². The predicted molar refractivity (Wildman–Crippen MR) is 73.7 cm³/mol. The summed E-state index contributed by atoms with van der Waals surface area (Å²) in [6, 6.07) is 0. The summed E-state index contributed by atoms with van der Waals surface area (Å²) in [6.45, 7) is 11.9. The minimum absolute atomic E-state index is 0.368. The first-order valence-corrected chi connectivity index (χ1v) is 6.15. The minimum atomic E-state index is -0.454. The molecule has 1 saturated heterocycles. The van der Waals surface area contributed by atoms with E-state index in [2.05, 4.69) is 0 Å². The molecule has 0 amide bonds. The molecule has 0 atom stereocenters. The van der Waals surface area contributed by atoms with Crippen LogP contribution in [0.2, 0.25) is 0 Å². The zero-order chi connectivity index (χ0) is 14.1. The van der Waals surface area contributed by atoms with E-state index in [-0.39, 0.29) is 11.2 Å². The molecule has 1 aliphatic rings. The summed E-state index contributed by atoms with van der Waals surface area (Å²) in [5.74, 6) is 0.807. The van der Waals surface area contributed by atoms with Crippen molar-refractivity contribution in [3.8, 4) is 0 Å². The summed E-state index contributed by atoms with van der Waals surface area (Å²) in [7, 11) is 1.18. The molecule has 1 rings (SSSR count). The minimum Gasteiger partial charge on any atom is -0.501 e. The summed E-state index contributed by atoms with van der Waals surface area (Å²) in [6.07, 6.45) is 1.53. The average molecular weight is 253 g/mol. The molecule has 102 valence electrons. The Bertz CT molecular complexity index is 370. The van der Waals surface area contributed by atoms with Crippen LogP contribution in [0.1, 0.15) is 41.5 Å². The van der Waals surface area contributed by atoms with Gasteiger partial charge in [0.25, 0.3) is 0 Å². The van der Waals surface area contributed by atoms with E-state index in [1.165, 1.54) is 6.20 Å². The molecule has 4 nitrogen and oxygen atoms in total. The van der Waals surface area contributed by atoms with Crippen LogP contribution in [0.4, 0.5) is 0 Å². The number of allylic oxidation sites excluding steroid dienone is 3. The van der Waals surface area contributed by atoms with Gasteiger partial charge in [-0.3, -0.25) is 0 Å². The Morgan fingerprint density at radius 3 is 1.89 bits per heavy atom. The Balaban J connectivity index is 3.03. The molecular weight excluding hydrogens is 229 g/mol. The van der Waals surface area contributed by atoms with Crippen LogP contribution >= 0.6 is 0 Å². The van der Waals surface area contributed by atoms with Crippen LogP contribution in [-0.2, 0) is 14.0 Å². The van der Waals surface area contributed by atoms with Crippen LogP contribution in [0, 0.1) is 0 Å². The van der Waals surface area contributed by atoms with Crippen LogP contribution in [0.15, 0.2) is 23.0 Å². The summed E-state index contributed by atoms with van der Waals surface area (Å²) in [5, 5.41) is 0. The van der Waals surface area contributed by atoms with Gasteiger partial charge in [0.05, 0.1) is 24.1 Å². The number of rotatable bonds is 3. The van der Waals surface area contributed by atoms with Gasteiger partial charge in [-0.05, 0) is 53.3 Å². The summed E-state index contributed by atoms with van der Waals surface area (Å²) in [4.78, 5) is 0. The fraction of sp³-hybridized carbons (Fsp3) is 0.692. The maximum Gasteiger partial charge on any atom is 0.496 e. The topological polar surface area (TPSA) is 53.7 Å². The van der Waals surface area contributed by atoms with E-state index in [1.807, 2.05) is 41.5 Å². The van der Waals surface area contributed by atoms with E-state index in [0.717, 1.165) is 16.8 Å². The highest BCUT2D eigenvalue weighted by Gasteiger charge is 2.52. The van der Waals surface area contributed by atoms with E-state index < -0.39 is 7.12 Å². The molecular formula is C13H24BNO3. The first-order valence-electron chi connectivity index (χ1n) is 6.15. The van der Waals surface area contributed by atoms with Crippen LogP contribution in [0.5, 0.6) is 0 Å². The van der Waals surface area contributed by atoms with Crippen LogP contribution in [0.25, 0.3) is 0 Å². The molecule has 0 unspecified atom stereocenters. The van der Waals surface area contributed by atoms with Crippen molar-refractivity contribution in [3.63, 3.8) is 0 Å². The van der Waals surface area contributed by atoms with Crippen LogP contribution in [-0.4, -0.2) is 25.4 Å². The molecule has 0 aromatic heterocycles. The second kappa shape index (κ2) is 4.98. The average Bonchev–Trinajstić information content (AvgIpc) is 2.47. The van der Waals surface area contributed by atoms with Gasteiger partial charge in [-0.2, -0.15) is 0 Å². The lowest BCUT2D eigenvalue weighted by molar-refractivity contribution is 0.00578. The molecule has 0 aliphatic carbocycles. The Hall–Kier alpha value is -0.935. The molecule has 0 bridgehead atoms. The van der Waals surface area contributed by atoms with Crippen molar-refractivity contribution in [2.24, 2.45) is 5.73 Å². The zero-order valence-corrected chi connectivity index (χ0v) is 12.5. The lowest BCUT2D eigenvalue weighted by Crippen LogP contribution is -2.41. The fourth-order valence-corrected chi connectivity index (χ4v) is 1.71. The third-order valence-electron chi connectivity index (χ3n) is 3.95. The highest BCUT2D eigenvalue weighted by molar-refractivity contribution is 6.56. The van der Waals surface area contributed by atoms with Crippen LogP contribution in [0.3, 0.4) is 0 Å². The normalized spacial score (nSPS) is 23.9. The predicted octanol–water partition coefficient (Wildman–Crippen LogP) is 2.40. The molecule has 1 aliphatic heterocycles. The van der Waals surface area contributed by atoms with E-state index >= 15 is 0 Å². The van der Waals surface area contributed by atoms with Crippen molar-refractivity contribution in [1.29, 1.82) is 0 Å². The Morgan fingerprint density at radius 2 is 1.56 bits per heavy atom. The monoisotopic (exact) mass is 253 g/mol. The second-order valence-corrected chi connectivity index (χ2v) is 5.60. The van der Waals surface area contributed by atoms with E-state index in [0.29, 0.717) is 0 Å². The Kier molecular flexibility index (Phi) is 4.18. The Labute approximate surface area is 110 Å². The van der Waals surface area contributed by atoms with Gasteiger partial charge in [0.15, 0.2) is 0 Å². The molecule has 5 heteroatoms. The molecule has 0 aromatic carbocycles. The zero-order valence-electron chi connectivity index (χ0n) is 12.5. The smallest absolute Gasteiger partial charge is 0.496 e. The number of nitrogens with two attached hydrogens (primary N) is 1. The van der Waals surface area contributed by atoms with Crippen LogP contribution < -0.4 is 5.73 Å². The van der Waals surface area contributed by atoms with Crippen molar-refractivity contribution in [2.75, 3.05) is 7.11 Å². The Morgan fingerprint density at radius 1 is 1.11 bits per heavy atom. The third kappa shape index (κ3) is 2.57. The van der Waals surface area contributed by atoms with Crippen molar-refractivity contribution in [1.82, 2.24) is 0 Å². The second-order valence-electron chi connectivity index (χ2n) is 5.60. The van der Waals surface area contributed by atoms with Crippen molar-refractivity contribution >= 4 is 7.12 Å². The molecule has 1 fully saturated rings. The van der Waals surface area contributed by atoms with Gasteiger partial charge in [-0.1, -0.05) is 0 Å². The molecule has 0 aromatic rings. The summed E-state index contributed by atoms with van der Waals surface area (Å²) >= 11 is 0. The standard InChI is InChI=1S/C13H24BNO3/c1-9(10(2)16-7)11(8-15)14-17-12(3,4)13(5,6)18-14/h8H,15H2,1-7H3/b10-9+,11-8+. The fourth-order valence-electron chi connectivity index (χ4n) is 1.71. The summed E-state index contributed by atoms with van der Waals surface area (Å²) < 4.78 is 17.2. The molecule has 1 heterocycles. The highest BCUT2D eigenvalue weighted by atomic mass is 16.7. The van der Waals surface area contributed by atoms with Gasteiger partial charge in [-0.15, -0.1) is 0 Å². The number of hydrogen-bond donors (Lipinski definition) is 1. The van der Waals surface area contributed by atoms with E-state index in [4.69, 9.17) is 19.8 Å². The lowest BCUT2D eigenvalue weighted by atomic mass is 9.74. The molecule has 0 radical (unpaired) electrons. The molecule has 2 N–H and O–H groups in total. The van der Waals surface area contributed by atoms with Gasteiger partial charge in [0, 0.05) is 5.47 Å². The SMILES string of the molecule is CO/C(C)=C(C)/C(=C\N)B1OC(C)(C)C(C)(C)O1. The quantitative estimate of drug-likeness (QED) is 0.476. The number of hydrogen-bond acceptors (Lipinski definition) is 4. The van der Waals surface area contributed by atoms with Gasteiger partial charge < -0.3 is 19.8 Å². The first kappa shape index (κ1) is 15.1. The van der Waals surface area contributed by atoms with Gasteiger partial charge in [-0.25, -0.2) is 0 Å². The van der Waals surface area contributed by atoms with Gasteiger partial charge >= 0.3 is 7.12 Å². The lowest BCUT2D eigenvalue weighted by Gasteiger charge is -2.32. The third-order valence-corrected chi connectivity index (χ3v) is 3.95. The number of methoxy groups -OCH3 is 1. The first-order chi connectivity index (χ1) is 8.16. The van der Waals surface area contributed by atoms with Gasteiger partial charge in [0.1, 0.15) is 0 Å². The number of ether oxygens (including phenoxy) is 1. The maximum atomic E-state index is 5.97. The highest BCUT2D eigenvalue weighted by Crippen LogP contribution is 2.39. The van der Waals surface area contributed by atoms with Gasteiger partial charge in [0.2, 0.25) is 0 Å². The largest absolute Gasteiger partial charge is 0.501 e. The van der Waals surface area contributed by atoms with E-state index in [1.54, 1.807) is 7.11 Å². The molecule has 0 saturated carbocycles. The summed E-state index contributed by atoms with van der Waals surface area (Å²) in [5.41, 5.74) is 6.73. The van der Waals surface area contributed by atoms with Crippen molar-refractivity contribution in [2.45, 2.75) is 52.7 Å². The molecule has 0 spiro atoms.